The van der Waals surface area contributed by atoms with E-state index in [9.17, 15) is 14.4 Å². The monoisotopic (exact) mass is 245 g/mol. The van der Waals surface area contributed by atoms with E-state index in [2.05, 4.69) is 15.4 Å². The molecule has 0 bridgehead atoms. The highest BCUT2D eigenvalue weighted by Gasteiger charge is 2.17. The Morgan fingerprint density at radius 3 is 2.29 bits per heavy atom. The lowest BCUT2D eigenvalue weighted by Gasteiger charge is -2.15. The molecule has 0 aliphatic heterocycles. The molecule has 0 saturated heterocycles. The summed E-state index contributed by atoms with van der Waals surface area (Å²) in [4.78, 5) is 32.9. The van der Waals surface area contributed by atoms with E-state index in [0.29, 0.717) is 0 Å². The molecule has 1 atom stereocenters. The zero-order valence-corrected chi connectivity index (χ0v) is 10.3. The first-order chi connectivity index (χ1) is 7.84. The van der Waals surface area contributed by atoms with Gasteiger partial charge in [0.25, 0.3) is 0 Å². The lowest BCUT2D eigenvalue weighted by molar-refractivity contribution is -0.143. The number of rotatable bonds is 6. The molecule has 0 radical (unpaired) electrons. The summed E-state index contributed by atoms with van der Waals surface area (Å²) in [6, 6.07) is -0.642. The van der Waals surface area contributed by atoms with Crippen molar-refractivity contribution < 1.29 is 19.1 Å². The van der Waals surface area contributed by atoms with E-state index in [4.69, 9.17) is 5.73 Å². The standard InChI is InChI=1S/C10H19N3O4/c1-6(2)9(11)10(16)12-4-8(15)13-5-17-7(3)14/h6,9H,4-5,11H2,1-3H3,(H,12,16)(H,13,15). The summed E-state index contributed by atoms with van der Waals surface area (Å²) in [6.07, 6.45) is 0. The van der Waals surface area contributed by atoms with Gasteiger partial charge >= 0.3 is 5.97 Å². The number of nitrogens with two attached hydrogens (primary N) is 1. The fourth-order valence-electron chi connectivity index (χ4n) is 0.869. The summed E-state index contributed by atoms with van der Waals surface area (Å²) in [5.41, 5.74) is 5.57. The first kappa shape index (κ1) is 15.4. The van der Waals surface area contributed by atoms with Crippen LogP contribution in [0.25, 0.3) is 0 Å². The number of amides is 2. The average molecular weight is 245 g/mol. The second kappa shape index (κ2) is 7.61. The molecule has 0 aromatic carbocycles. The van der Waals surface area contributed by atoms with Gasteiger partial charge in [0.1, 0.15) is 0 Å². The molecule has 0 rings (SSSR count). The minimum Gasteiger partial charge on any atom is -0.445 e. The molecule has 98 valence electrons. The number of carbonyl (C=O) groups excluding carboxylic acids is 3. The number of carbonyl (C=O) groups is 3. The van der Waals surface area contributed by atoms with Crippen LogP contribution in [0.1, 0.15) is 20.8 Å². The molecule has 7 heteroatoms. The van der Waals surface area contributed by atoms with Gasteiger partial charge < -0.3 is 21.1 Å². The number of esters is 1. The minimum atomic E-state index is -0.642. The van der Waals surface area contributed by atoms with Gasteiger partial charge in [-0.25, -0.2) is 0 Å². The molecule has 0 aliphatic carbocycles. The third kappa shape index (κ3) is 7.29. The van der Waals surface area contributed by atoms with E-state index in [1.165, 1.54) is 6.92 Å². The molecule has 4 N–H and O–H groups in total. The lowest BCUT2D eigenvalue weighted by atomic mass is 10.1. The molecule has 0 saturated carbocycles. The summed E-state index contributed by atoms with van der Waals surface area (Å²) in [6.45, 7) is 4.45. The average Bonchev–Trinajstić information content (AvgIpc) is 2.24. The van der Waals surface area contributed by atoms with Gasteiger partial charge in [0.2, 0.25) is 11.8 Å². The van der Waals surface area contributed by atoms with Crippen molar-refractivity contribution >= 4 is 17.8 Å². The summed E-state index contributed by atoms with van der Waals surface area (Å²) in [5, 5.41) is 4.69. The second-order valence-corrected chi connectivity index (χ2v) is 3.87. The van der Waals surface area contributed by atoms with E-state index >= 15 is 0 Å². The van der Waals surface area contributed by atoms with Crippen LogP contribution >= 0.6 is 0 Å². The highest BCUT2D eigenvalue weighted by molar-refractivity contribution is 5.87. The van der Waals surface area contributed by atoms with Crippen LogP contribution in [0.2, 0.25) is 0 Å². The van der Waals surface area contributed by atoms with Crippen LogP contribution < -0.4 is 16.4 Å². The third-order valence-corrected chi connectivity index (χ3v) is 1.99. The molecule has 2 amide bonds. The van der Waals surface area contributed by atoms with Crippen molar-refractivity contribution in [2.45, 2.75) is 26.8 Å². The van der Waals surface area contributed by atoms with Crippen molar-refractivity contribution in [1.82, 2.24) is 10.6 Å². The lowest BCUT2D eigenvalue weighted by Crippen LogP contribution is -2.47. The zero-order valence-electron chi connectivity index (χ0n) is 10.3. The van der Waals surface area contributed by atoms with Crippen LogP contribution in [0.3, 0.4) is 0 Å². The number of nitrogens with one attached hydrogen (secondary N) is 2. The topological polar surface area (TPSA) is 111 Å². The highest BCUT2D eigenvalue weighted by atomic mass is 16.5. The Kier molecular flexibility index (Phi) is 6.88. The van der Waals surface area contributed by atoms with Crippen molar-refractivity contribution in [2.75, 3.05) is 13.3 Å². The van der Waals surface area contributed by atoms with Crippen molar-refractivity contribution in [3.63, 3.8) is 0 Å². The fraction of sp³-hybridized carbons (Fsp3) is 0.700. The van der Waals surface area contributed by atoms with Crippen LogP contribution in [0.15, 0.2) is 0 Å². The van der Waals surface area contributed by atoms with Crippen LogP contribution in [0, 0.1) is 5.92 Å². The van der Waals surface area contributed by atoms with Gasteiger partial charge in [-0.1, -0.05) is 13.8 Å². The minimum absolute atomic E-state index is 0.000826. The molecule has 0 spiro atoms. The Bertz CT molecular complexity index is 291. The molecule has 0 fully saturated rings. The summed E-state index contributed by atoms with van der Waals surface area (Å²) < 4.78 is 4.50. The van der Waals surface area contributed by atoms with Gasteiger partial charge in [-0.2, -0.15) is 0 Å². The molecule has 0 aromatic heterocycles. The van der Waals surface area contributed by atoms with Gasteiger partial charge in [-0.05, 0) is 5.92 Å². The molecule has 17 heavy (non-hydrogen) atoms. The van der Waals surface area contributed by atoms with Crippen LogP contribution in [0.5, 0.6) is 0 Å². The first-order valence-electron chi connectivity index (χ1n) is 5.28. The summed E-state index contributed by atoms with van der Waals surface area (Å²) in [7, 11) is 0. The molecule has 0 aliphatic rings. The SMILES string of the molecule is CC(=O)OCNC(=O)CNC(=O)C(N)C(C)C. The van der Waals surface area contributed by atoms with E-state index in [1.807, 2.05) is 13.8 Å². The Morgan fingerprint density at radius 1 is 1.24 bits per heavy atom. The molecular formula is C10H19N3O4. The number of ether oxygens (including phenoxy) is 1. The Labute approximate surface area is 100 Å². The van der Waals surface area contributed by atoms with E-state index in [-0.39, 0.29) is 25.1 Å². The molecular weight excluding hydrogens is 226 g/mol. The van der Waals surface area contributed by atoms with Gasteiger partial charge in [0.05, 0.1) is 12.6 Å². The normalized spacial score (nSPS) is 11.8. The maximum Gasteiger partial charge on any atom is 0.304 e. The largest absolute Gasteiger partial charge is 0.445 e. The predicted octanol–water partition coefficient (Wildman–Crippen LogP) is -1.28. The van der Waals surface area contributed by atoms with Crippen molar-refractivity contribution in [2.24, 2.45) is 11.7 Å². The van der Waals surface area contributed by atoms with Crippen LogP contribution in [-0.2, 0) is 19.1 Å². The quantitative estimate of drug-likeness (QED) is 0.399. The van der Waals surface area contributed by atoms with Gasteiger partial charge in [0, 0.05) is 6.92 Å². The molecule has 1 unspecified atom stereocenters. The Morgan fingerprint density at radius 2 is 1.82 bits per heavy atom. The Hall–Kier alpha value is -1.63. The van der Waals surface area contributed by atoms with E-state index in [1.54, 1.807) is 0 Å². The number of hydrogen-bond donors (Lipinski definition) is 3. The Balaban J connectivity index is 3.77. The highest BCUT2D eigenvalue weighted by Crippen LogP contribution is 1.97. The zero-order chi connectivity index (χ0) is 13.4. The maximum absolute atomic E-state index is 11.4. The first-order valence-corrected chi connectivity index (χ1v) is 5.28. The molecule has 7 nitrogen and oxygen atoms in total. The van der Waals surface area contributed by atoms with Crippen molar-refractivity contribution in [3.8, 4) is 0 Å². The maximum atomic E-state index is 11.4. The number of hydrogen-bond acceptors (Lipinski definition) is 5. The van der Waals surface area contributed by atoms with E-state index < -0.39 is 17.9 Å². The van der Waals surface area contributed by atoms with Gasteiger partial charge in [-0.15, -0.1) is 0 Å². The van der Waals surface area contributed by atoms with Crippen LogP contribution in [-0.4, -0.2) is 37.1 Å². The summed E-state index contributed by atoms with van der Waals surface area (Å²) >= 11 is 0. The van der Waals surface area contributed by atoms with Crippen molar-refractivity contribution in [3.05, 3.63) is 0 Å². The molecule has 0 aromatic rings. The molecule has 0 heterocycles. The van der Waals surface area contributed by atoms with E-state index in [0.717, 1.165) is 0 Å². The fourth-order valence-corrected chi connectivity index (χ4v) is 0.869. The smallest absolute Gasteiger partial charge is 0.304 e. The second-order valence-electron chi connectivity index (χ2n) is 3.87. The van der Waals surface area contributed by atoms with Crippen LogP contribution in [0.4, 0.5) is 0 Å². The third-order valence-electron chi connectivity index (χ3n) is 1.99. The van der Waals surface area contributed by atoms with Crippen molar-refractivity contribution in [1.29, 1.82) is 0 Å². The van der Waals surface area contributed by atoms with Gasteiger partial charge in [0.15, 0.2) is 6.73 Å². The predicted molar refractivity (Wildman–Crippen MR) is 60.6 cm³/mol. The summed E-state index contributed by atoms with van der Waals surface area (Å²) in [5.74, 6) is -1.33. The van der Waals surface area contributed by atoms with Gasteiger partial charge in [-0.3, -0.25) is 14.4 Å².